The van der Waals surface area contributed by atoms with Gasteiger partial charge in [-0.1, -0.05) is 38.5 Å². The normalized spacial score (nSPS) is 10.8. The van der Waals surface area contributed by atoms with Crippen molar-refractivity contribution in [2.75, 3.05) is 5.75 Å². The lowest BCUT2D eigenvalue weighted by molar-refractivity contribution is 0.452. The van der Waals surface area contributed by atoms with E-state index in [1.807, 2.05) is 0 Å². The Labute approximate surface area is 122 Å². The minimum Gasteiger partial charge on any atom is -0.508 e. The molecule has 108 valence electrons. The Morgan fingerprint density at radius 2 is 1.37 bits per heavy atom. The number of aryl methyl sites for hydroxylation is 1. The summed E-state index contributed by atoms with van der Waals surface area (Å²) >= 11 is 4.20. The van der Waals surface area contributed by atoms with Gasteiger partial charge in [-0.05, 0) is 48.8 Å². The average Bonchev–Trinajstić information content (AvgIpc) is 2.40. The number of unbranched alkanes of at least 4 members (excludes halogenated alkanes) is 7. The molecule has 19 heavy (non-hydrogen) atoms. The van der Waals surface area contributed by atoms with Crippen LogP contribution in [-0.2, 0) is 6.42 Å². The van der Waals surface area contributed by atoms with Crippen molar-refractivity contribution in [1.29, 1.82) is 0 Å². The van der Waals surface area contributed by atoms with Gasteiger partial charge in [0.2, 0.25) is 0 Å². The molecule has 0 amide bonds. The molecule has 0 saturated carbocycles. The number of benzene rings is 1. The van der Waals surface area contributed by atoms with E-state index < -0.39 is 0 Å². The summed E-state index contributed by atoms with van der Waals surface area (Å²) in [6, 6.07) is 4.74. The summed E-state index contributed by atoms with van der Waals surface area (Å²) in [5.74, 6) is 1.54. The molecule has 0 aromatic heterocycles. The van der Waals surface area contributed by atoms with Crippen LogP contribution in [0.2, 0.25) is 0 Å². The fourth-order valence-corrected chi connectivity index (χ4v) is 2.48. The van der Waals surface area contributed by atoms with Gasteiger partial charge in [-0.2, -0.15) is 12.6 Å². The Balaban J connectivity index is 2.03. The van der Waals surface area contributed by atoms with E-state index in [1.54, 1.807) is 12.1 Å². The SMILES string of the molecule is Oc1ccc(O)c(CCCCCCCCCCS)c1. The highest BCUT2D eigenvalue weighted by Gasteiger charge is 2.02. The second-order valence-electron chi connectivity index (χ2n) is 5.12. The molecule has 0 fully saturated rings. The Morgan fingerprint density at radius 3 is 2.00 bits per heavy atom. The Hall–Kier alpha value is -0.830. The number of thiol groups is 1. The van der Waals surface area contributed by atoms with Crippen molar-refractivity contribution in [2.45, 2.75) is 57.8 Å². The van der Waals surface area contributed by atoms with Crippen LogP contribution in [0.25, 0.3) is 0 Å². The quantitative estimate of drug-likeness (QED) is 0.331. The Morgan fingerprint density at radius 1 is 0.789 bits per heavy atom. The summed E-state index contributed by atoms with van der Waals surface area (Å²) < 4.78 is 0. The van der Waals surface area contributed by atoms with Crippen LogP contribution in [0.1, 0.15) is 56.9 Å². The third-order valence-corrected chi connectivity index (χ3v) is 3.73. The molecule has 0 aliphatic heterocycles. The summed E-state index contributed by atoms with van der Waals surface area (Å²) in [4.78, 5) is 0. The van der Waals surface area contributed by atoms with Crippen LogP contribution in [-0.4, -0.2) is 16.0 Å². The molecule has 2 N–H and O–H groups in total. The van der Waals surface area contributed by atoms with Gasteiger partial charge in [0.05, 0.1) is 0 Å². The predicted octanol–water partition coefficient (Wildman–Crippen LogP) is 4.69. The molecule has 0 unspecified atom stereocenters. The third kappa shape index (κ3) is 7.36. The summed E-state index contributed by atoms with van der Waals surface area (Å²) in [6.07, 6.45) is 10.9. The zero-order chi connectivity index (χ0) is 13.9. The first-order chi connectivity index (χ1) is 9.24. The van der Waals surface area contributed by atoms with E-state index in [-0.39, 0.29) is 5.75 Å². The molecule has 0 aliphatic carbocycles. The van der Waals surface area contributed by atoms with Crippen LogP contribution in [0.3, 0.4) is 0 Å². The third-order valence-electron chi connectivity index (χ3n) is 3.42. The standard InChI is InChI=1S/C16H26O2S/c17-15-10-11-16(18)14(13-15)9-7-5-3-1-2-4-6-8-12-19/h10-11,13,17-19H,1-9,12H2. The van der Waals surface area contributed by atoms with Crippen molar-refractivity contribution in [3.8, 4) is 11.5 Å². The van der Waals surface area contributed by atoms with E-state index in [0.717, 1.165) is 24.2 Å². The second-order valence-corrected chi connectivity index (χ2v) is 5.56. The van der Waals surface area contributed by atoms with E-state index in [1.165, 1.54) is 51.0 Å². The zero-order valence-electron chi connectivity index (χ0n) is 11.6. The number of aromatic hydroxyl groups is 2. The molecular weight excluding hydrogens is 256 g/mol. The maximum Gasteiger partial charge on any atom is 0.119 e. The largest absolute Gasteiger partial charge is 0.508 e. The van der Waals surface area contributed by atoms with Crippen LogP contribution in [0.5, 0.6) is 11.5 Å². The number of rotatable bonds is 10. The van der Waals surface area contributed by atoms with Gasteiger partial charge in [0, 0.05) is 0 Å². The molecular formula is C16H26O2S. The summed E-state index contributed by atoms with van der Waals surface area (Å²) in [5, 5.41) is 19.0. The fraction of sp³-hybridized carbons (Fsp3) is 0.625. The van der Waals surface area contributed by atoms with E-state index >= 15 is 0 Å². The first-order valence-electron chi connectivity index (χ1n) is 7.36. The van der Waals surface area contributed by atoms with Gasteiger partial charge in [-0.25, -0.2) is 0 Å². The number of phenolic OH excluding ortho intramolecular Hbond substituents is 2. The van der Waals surface area contributed by atoms with Gasteiger partial charge < -0.3 is 10.2 Å². The molecule has 0 saturated heterocycles. The van der Waals surface area contributed by atoms with Gasteiger partial charge in [0.15, 0.2) is 0 Å². The first kappa shape index (κ1) is 16.2. The lowest BCUT2D eigenvalue weighted by atomic mass is 10.0. The topological polar surface area (TPSA) is 40.5 Å². The minimum atomic E-state index is 0.233. The average molecular weight is 282 g/mol. The maximum atomic E-state index is 9.64. The van der Waals surface area contributed by atoms with E-state index in [9.17, 15) is 10.2 Å². The first-order valence-corrected chi connectivity index (χ1v) is 7.99. The van der Waals surface area contributed by atoms with Crippen LogP contribution in [0.15, 0.2) is 18.2 Å². The lowest BCUT2D eigenvalue weighted by Crippen LogP contribution is -1.87. The van der Waals surface area contributed by atoms with Crippen molar-refractivity contribution < 1.29 is 10.2 Å². The molecule has 2 nitrogen and oxygen atoms in total. The molecule has 0 aliphatic rings. The van der Waals surface area contributed by atoms with Gasteiger partial charge in [0.25, 0.3) is 0 Å². The van der Waals surface area contributed by atoms with Crippen molar-refractivity contribution in [1.82, 2.24) is 0 Å². The Kier molecular flexibility index (Phi) is 8.55. The van der Waals surface area contributed by atoms with Gasteiger partial charge in [-0.3, -0.25) is 0 Å². The van der Waals surface area contributed by atoms with E-state index in [0.29, 0.717) is 5.75 Å². The van der Waals surface area contributed by atoms with Crippen LogP contribution >= 0.6 is 12.6 Å². The smallest absolute Gasteiger partial charge is 0.119 e. The van der Waals surface area contributed by atoms with Crippen molar-refractivity contribution >= 4 is 12.6 Å². The van der Waals surface area contributed by atoms with Crippen LogP contribution in [0, 0.1) is 0 Å². The molecule has 0 spiro atoms. The summed E-state index contributed by atoms with van der Waals surface area (Å²) in [5.41, 5.74) is 0.855. The minimum absolute atomic E-state index is 0.233. The highest BCUT2D eigenvalue weighted by atomic mass is 32.1. The molecule has 0 radical (unpaired) electrons. The van der Waals surface area contributed by atoms with Crippen molar-refractivity contribution in [3.05, 3.63) is 23.8 Å². The molecule has 3 heteroatoms. The van der Waals surface area contributed by atoms with Gasteiger partial charge in [-0.15, -0.1) is 0 Å². The highest BCUT2D eigenvalue weighted by molar-refractivity contribution is 7.80. The van der Waals surface area contributed by atoms with Crippen LogP contribution in [0.4, 0.5) is 0 Å². The lowest BCUT2D eigenvalue weighted by Gasteiger charge is -2.05. The molecule has 1 aromatic rings. The molecule has 0 bridgehead atoms. The predicted molar refractivity (Wildman–Crippen MR) is 84.3 cm³/mol. The van der Waals surface area contributed by atoms with Crippen LogP contribution < -0.4 is 0 Å². The molecule has 0 atom stereocenters. The van der Waals surface area contributed by atoms with E-state index in [2.05, 4.69) is 12.6 Å². The highest BCUT2D eigenvalue weighted by Crippen LogP contribution is 2.24. The number of phenols is 2. The fourth-order valence-electron chi connectivity index (χ4n) is 2.26. The van der Waals surface area contributed by atoms with Crippen molar-refractivity contribution in [3.63, 3.8) is 0 Å². The van der Waals surface area contributed by atoms with Gasteiger partial charge >= 0.3 is 0 Å². The molecule has 0 heterocycles. The molecule has 1 aromatic carbocycles. The zero-order valence-corrected chi connectivity index (χ0v) is 12.5. The van der Waals surface area contributed by atoms with Gasteiger partial charge in [0.1, 0.15) is 11.5 Å². The van der Waals surface area contributed by atoms with E-state index in [4.69, 9.17) is 0 Å². The number of hydrogen-bond donors (Lipinski definition) is 3. The summed E-state index contributed by atoms with van der Waals surface area (Å²) in [6.45, 7) is 0. The second kappa shape index (κ2) is 10.0. The van der Waals surface area contributed by atoms with Crippen molar-refractivity contribution in [2.24, 2.45) is 0 Å². The Bertz CT molecular complexity index is 353. The molecule has 1 rings (SSSR count). The maximum absolute atomic E-state index is 9.64. The summed E-state index contributed by atoms with van der Waals surface area (Å²) in [7, 11) is 0. The number of hydrogen-bond acceptors (Lipinski definition) is 3. The monoisotopic (exact) mass is 282 g/mol.